The third-order valence-corrected chi connectivity index (χ3v) is 4.04. The molecular weight excluding hydrogens is 294 g/mol. The van der Waals surface area contributed by atoms with Crippen LogP contribution in [0.15, 0.2) is 34.7 Å². The number of rotatable bonds is 5. The molecule has 124 valence electrons. The lowest BCUT2D eigenvalue weighted by atomic mass is 10.2. The molecule has 1 saturated heterocycles. The van der Waals surface area contributed by atoms with Gasteiger partial charge in [-0.1, -0.05) is 18.2 Å². The Balaban J connectivity index is 1.45. The van der Waals surface area contributed by atoms with E-state index in [1.165, 1.54) is 0 Å². The molecule has 1 aliphatic rings. The molecule has 1 atom stereocenters. The van der Waals surface area contributed by atoms with Crippen molar-refractivity contribution in [2.45, 2.75) is 13.0 Å². The molecule has 1 aromatic heterocycles. The maximum atomic E-state index is 12.0. The van der Waals surface area contributed by atoms with Gasteiger partial charge in [0, 0.05) is 31.6 Å². The zero-order valence-corrected chi connectivity index (χ0v) is 13.4. The van der Waals surface area contributed by atoms with E-state index in [-0.39, 0.29) is 12.1 Å². The number of nitrogens with one attached hydrogen (secondary N) is 2. The van der Waals surface area contributed by atoms with Crippen LogP contribution in [-0.2, 0) is 4.74 Å². The van der Waals surface area contributed by atoms with Crippen LogP contribution >= 0.6 is 0 Å². The molecule has 2 heterocycles. The van der Waals surface area contributed by atoms with Gasteiger partial charge in [-0.05, 0) is 19.1 Å². The number of hydrogen-bond acceptors (Lipinski definition) is 4. The number of para-hydroxylation sites is 1. The molecule has 1 aliphatic heterocycles. The molecule has 0 radical (unpaired) electrons. The number of carbonyl (C=O) groups is 1. The van der Waals surface area contributed by atoms with Crippen molar-refractivity contribution in [3.63, 3.8) is 0 Å². The van der Waals surface area contributed by atoms with Crippen molar-refractivity contribution in [1.29, 1.82) is 0 Å². The Kier molecular flexibility index (Phi) is 5.15. The number of furan rings is 1. The third-order valence-electron chi connectivity index (χ3n) is 4.04. The van der Waals surface area contributed by atoms with Crippen LogP contribution in [0, 0.1) is 0 Å². The number of carbonyl (C=O) groups excluding carboxylic acids is 1. The van der Waals surface area contributed by atoms with Gasteiger partial charge in [0.25, 0.3) is 0 Å². The van der Waals surface area contributed by atoms with Gasteiger partial charge in [0.2, 0.25) is 0 Å². The van der Waals surface area contributed by atoms with Gasteiger partial charge in [-0.25, -0.2) is 4.79 Å². The fourth-order valence-corrected chi connectivity index (χ4v) is 2.69. The fraction of sp³-hybridized carbons (Fsp3) is 0.471. The Morgan fingerprint density at radius 1 is 1.30 bits per heavy atom. The van der Waals surface area contributed by atoms with Crippen LogP contribution in [0.1, 0.15) is 18.7 Å². The van der Waals surface area contributed by atoms with Gasteiger partial charge in [0.05, 0.1) is 19.3 Å². The minimum atomic E-state index is -0.175. The molecule has 0 spiro atoms. The second kappa shape index (κ2) is 7.48. The fourth-order valence-electron chi connectivity index (χ4n) is 2.69. The summed E-state index contributed by atoms with van der Waals surface area (Å²) in [7, 11) is 0. The van der Waals surface area contributed by atoms with Crippen molar-refractivity contribution in [3.05, 3.63) is 36.1 Å². The lowest BCUT2D eigenvalue weighted by molar-refractivity contribution is 0.0387. The van der Waals surface area contributed by atoms with E-state index in [1.807, 2.05) is 37.3 Å². The summed E-state index contributed by atoms with van der Waals surface area (Å²) in [6.07, 6.45) is 0. The van der Waals surface area contributed by atoms with Gasteiger partial charge in [0.1, 0.15) is 11.3 Å². The van der Waals surface area contributed by atoms with Gasteiger partial charge in [0.15, 0.2) is 0 Å². The number of urea groups is 1. The number of nitrogens with zero attached hydrogens (tertiary/aromatic N) is 1. The first kappa shape index (κ1) is 15.8. The topological polar surface area (TPSA) is 66.7 Å². The van der Waals surface area contributed by atoms with Crippen molar-refractivity contribution in [3.8, 4) is 0 Å². The van der Waals surface area contributed by atoms with Crippen molar-refractivity contribution >= 4 is 17.0 Å². The Bertz CT molecular complexity index is 616. The van der Waals surface area contributed by atoms with Crippen molar-refractivity contribution < 1.29 is 13.9 Å². The molecule has 2 N–H and O–H groups in total. The quantitative estimate of drug-likeness (QED) is 0.886. The first-order chi connectivity index (χ1) is 11.2. The van der Waals surface area contributed by atoms with E-state index in [1.54, 1.807) is 0 Å². The zero-order valence-electron chi connectivity index (χ0n) is 13.4. The normalized spacial score (nSPS) is 17.1. The predicted octanol–water partition coefficient (Wildman–Crippen LogP) is 2.13. The van der Waals surface area contributed by atoms with Crippen molar-refractivity contribution in [2.24, 2.45) is 0 Å². The first-order valence-corrected chi connectivity index (χ1v) is 8.05. The number of morpholine rings is 1. The summed E-state index contributed by atoms with van der Waals surface area (Å²) in [5.74, 6) is 0.759. The van der Waals surface area contributed by atoms with E-state index in [0.717, 1.165) is 49.6 Å². The number of hydrogen-bond donors (Lipinski definition) is 2. The number of benzene rings is 1. The Morgan fingerprint density at radius 3 is 2.87 bits per heavy atom. The summed E-state index contributed by atoms with van der Waals surface area (Å²) in [5.41, 5.74) is 0.837. The molecule has 1 aromatic carbocycles. The van der Waals surface area contributed by atoms with E-state index < -0.39 is 0 Å². The number of ether oxygens (including phenoxy) is 1. The number of amides is 2. The minimum absolute atomic E-state index is 0.175. The molecule has 2 amide bonds. The molecule has 1 fully saturated rings. The van der Waals surface area contributed by atoms with Crippen LogP contribution in [-0.4, -0.2) is 50.3 Å². The lowest BCUT2D eigenvalue weighted by Gasteiger charge is -2.26. The van der Waals surface area contributed by atoms with Crippen molar-refractivity contribution in [2.75, 3.05) is 39.4 Å². The lowest BCUT2D eigenvalue weighted by Crippen LogP contribution is -2.44. The van der Waals surface area contributed by atoms with E-state index in [2.05, 4.69) is 15.5 Å². The SMILES string of the molecule is C[C@@H](NC(=O)NCCN1CCOCC1)c1cc2ccccc2o1. The van der Waals surface area contributed by atoms with Gasteiger partial charge in [-0.3, -0.25) is 4.90 Å². The summed E-state index contributed by atoms with van der Waals surface area (Å²) in [6, 6.07) is 9.45. The molecule has 6 heteroatoms. The Morgan fingerprint density at radius 2 is 2.09 bits per heavy atom. The van der Waals surface area contributed by atoms with E-state index in [9.17, 15) is 4.79 Å². The monoisotopic (exact) mass is 317 g/mol. The summed E-state index contributed by atoms with van der Waals surface area (Å²) in [4.78, 5) is 14.3. The van der Waals surface area contributed by atoms with E-state index >= 15 is 0 Å². The van der Waals surface area contributed by atoms with Crippen LogP contribution in [0.25, 0.3) is 11.0 Å². The average molecular weight is 317 g/mol. The molecule has 3 rings (SSSR count). The number of fused-ring (bicyclic) bond motifs is 1. The largest absolute Gasteiger partial charge is 0.459 e. The average Bonchev–Trinajstić information content (AvgIpc) is 3.00. The Hall–Kier alpha value is -2.05. The molecule has 23 heavy (non-hydrogen) atoms. The summed E-state index contributed by atoms with van der Waals surface area (Å²) in [5, 5.41) is 6.84. The second-order valence-electron chi connectivity index (χ2n) is 5.76. The van der Waals surface area contributed by atoms with Crippen LogP contribution in [0.4, 0.5) is 4.79 Å². The van der Waals surface area contributed by atoms with Crippen LogP contribution < -0.4 is 10.6 Å². The molecule has 6 nitrogen and oxygen atoms in total. The third kappa shape index (κ3) is 4.24. The second-order valence-corrected chi connectivity index (χ2v) is 5.76. The summed E-state index contributed by atoms with van der Waals surface area (Å²) >= 11 is 0. The van der Waals surface area contributed by atoms with Gasteiger partial charge in [-0.2, -0.15) is 0 Å². The highest BCUT2D eigenvalue weighted by Gasteiger charge is 2.14. The zero-order chi connectivity index (χ0) is 16.1. The molecular formula is C17H23N3O3. The summed E-state index contributed by atoms with van der Waals surface area (Å²) in [6.45, 7) is 6.79. The Labute approximate surface area is 135 Å². The molecule has 0 saturated carbocycles. The van der Waals surface area contributed by atoms with E-state index in [4.69, 9.17) is 9.15 Å². The molecule has 0 unspecified atom stereocenters. The van der Waals surface area contributed by atoms with Crippen LogP contribution in [0.3, 0.4) is 0 Å². The highest BCUT2D eigenvalue weighted by molar-refractivity contribution is 5.78. The van der Waals surface area contributed by atoms with Gasteiger partial charge >= 0.3 is 6.03 Å². The minimum Gasteiger partial charge on any atom is -0.459 e. The van der Waals surface area contributed by atoms with Crippen molar-refractivity contribution in [1.82, 2.24) is 15.5 Å². The molecule has 0 bridgehead atoms. The first-order valence-electron chi connectivity index (χ1n) is 8.05. The van der Waals surface area contributed by atoms with Crippen LogP contribution in [0.2, 0.25) is 0 Å². The smallest absolute Gasteiger partial charge is 0.315 e. The van der Waals surface area contributed by atoms with Crippen LogP contribution in [0.5, 0.6) is 0 Å². The molecule has 0 aliphatic carbocycles. The maximum absolute atomic E-state index is 12.0. The standard InChI is InChI=1S/C17H23N3O3/c1-13(16-12-14-4-2-3-5-15(14)23-16)19-17(21)18-6-7-20-8-10-22-11-9-20/h2-5,12-13H,6-11H2,1H3,(H2,18,19,21)/t13-/m1/s1. The van der Waals surface area contributed by atoms with E-state index in [0.29, 0.717) is 6.54 Å². The predicted molar refractivity (Wildman–Crippen MR) is 88.4 cm³/mol. The summed E-state index contributed by atoms with van der Waals surface area (Å²) < 4.78 is 11.1. The van der Waals surface area contributed by atoms with Gasteiger partial charge < -0.3 is 19.8 Å². The maximum Gasteiger partial charge on any atom is 0.315 e. The highest BCUT2D eigenvalue weighted by atomic mass is 16.5. The van der Waals surface area contributed by atoms with Gasteiger partial charge in [-0.15, -0.1) is 0 Å². The highest BCUT2D eigenvalue weighted by Crippen LogP contribution is 2.23. The molecule has 2 aromatic rings.